The van der Waals surface area contributed by atoms with Crippen LogP contribution in [0.3, 0.4) is 0 Å². The Hall–Kier alpha value is 0.130. The Morgan fingerprint density at radius 2 is 2.05 bits per heavy atom. The molecule has 19 heavy (non-hydrogen) atoms. The zero-order chi connectivity index (χ0) is 13.8. The van der Waals surface area contributed by atoms with Crippen LogP contribution in [0.4, 0.5) is 0 Å². The summed E-state index contributed by atoms with van der Waals surface area (Å²) in [7, 11) is 0. The molecule has 2 rings (SSSR count). The van der Waals surface area contributed by atoms with Gasteiger partial charge in [0.05, 0.1) is 6.04 Å². The molecule has 0 amide bonds. The van der Waals surface area contributed by atoms with Gasteiger partial charge in [-0.3, -0.25) is 0 Å². The van der Waals surface area contributed by atoms with E-state index >= 15 is 0 Å². The van der Waals surface area contributed by atoms with Gasteiger partial charge >= 0.3 is 0 Å². The molecule has 1 unspecified atom stereocenters. The van der Waals surface area contributed by atoms with Crippen molar-refractivity contribution in [3.63, 3.8) is 0 Å². The average molecular weight is 379 g/mol. The van der Waals surface area contributed by atoms with Gasteiger partial charge in [0.25, 0.3) is 0 Å². The molecule has 0 spiro atoms. The lowest BCUT2D eigenvalue weighted by atomic mass is 10.2. The molecule has 0 radical (unpaired) electrons. The highest BCUT2D eigenvalue weighted by atomic mass is 79.9. The van der Waals surface area contributed by atoms with E-state index in [0.29, 0.717) is 0 Å². The van der Waals surface area contributed by atoms with Crippen molar-refractivity contribution in [2.75, 3.05) is 6.54 Å². The van der Waals surface area contributed by atoms with Crippen LogP contribution in [-0.2, 0) is 6.42 Å². The summed E-state index contributed by atoms with van der Waals surface area (Å²) in [5.41, 5.74) is 0. The fourth-order valence-electron chi connectivity index (χ4n) is 1.88. The first-order valence-corrected chi connectivity index (χ1v) is 9.22. The van der Waals surface area contributed by atoms with Crippen LogP contribution in [0.2, 0.25) is 4.34 Å². The van der Waals surface area contributed by atoms with E-state index in [4.69, 9.17) is 11.6 Å². The smallest absolute Gasteiger partial charge is 0.107 e. The highest BCUT2D eigenvalue weighted by Crippen LogP contribution is 2.39. The Bertz CT molecular complexity index is 516. The van der Waals surface area contributed by atoms with Crippen molar-refractivity contribution in [3.8, 4) is 0 Å². The lowest BCUT2D eigenvalue weighted by molar-refractivity contribution is 0.613. The van der Waals surface area contributed by atoms with E-state index in [1.165, 1.54) is 14.6 Å². The molecular weight excluding hydrogens is 362 g/mol. The van der Waals surface area contributed by atoms with Gasteiger partial charge in [-0.05, 0) is 53.5 Å². The fraction of sp³-hybridized carbons (Fsp3) is 0.429. The molecular formula is C14H17BrClNS2. The van der Waals surface area contributed by atoms with Crippen LogP contribution in [0.25, 0.3) is 0 Å². The Morgan fingerprint density at radius 3 is 2.58 bits per heavy atom. The number of aryl methyl sites for hydroxylation is 1. The van der Waals surface area contributed by atoms with E-state index in [2.05, 4.69) is 53.3 Å². The number of halogens is 2. The molecule has 2 aromatic heterocycles. The second-order valence-corrected chi connectivity index (χ2v) is 8.06. The van der Waals surface area contributed by atoms with Crippen molar-refractivity contribution < 1.29 is 0 Å². The molecule has 0 aliphatic rings. The summed E-state index contributed by atoms with van der Waals surface area (Å²) in [6.45, 7) is 5.40. The molecule has 2 aromatic rings. The van der Waals surface area contributed by atoms with Crippen LogP contribution in [0.1, 0.15) is 40.9 Å². The highest BCUT2D eigenvalue weighted by Gasteiger charge is 2.19. The van der Waals surface area contributed by atoms with Crippen LogP contribution in [0, 0.1) is 0 Å². The molecule has 0 aromatic carbocycles. The average Bonchev–Trinajstić information content (AvgIpc) is 2.98. The fourth-order valence-corrected chi connectivity index (χ4v) is 4.83. The van der Waals surface area contributed by atoms with E-state index in [-0.39, 0.29) is 6.04 Å². The van der Waals surface area contributed by atoms with Crippen molar-refractivity contribution in [1.29, 1.82) is 0 Å². The second-order valence-electron chi connectivity index (χ2n) is 4.32. The molecule has 0 aliphatic heterocycles. The lowest BCUT2D eigenvalue weighted by Gasteiger charge is -2.15. The van der Waals surface area contributed by atoms with Gasteiger partial charge < -0.3 is 5.32 Å². The Labute approximate surface area is 136 Å². The molecule has 0 saturated carbocycles. The van der Waals surface area contributed by atoms with Gasteiger partial charge in [-0.15, -0.1) is 22.7 Å². The Balaban J connectivity index is 2.29. The standard InChI is InChI=1S/C14H17BrClNS2/c1-3-7-17-13(11-6-5-9(4-2)18-11)12-8-10(15)14(16)19-12/h5-6,8,13,17H,3-4,7H2,1-2H3. The van der Waals surface area contributed by atoms with Gasteiger partial charge in [-0.2, -0.15) is 0 Å². The number of hydrogen-bond donors (Lipinski definition) is 1. The van der Waals surface area contributed by atoms with Gasteiger partial charge in [0.2, 0.25) is 0 Å². The third-order valence-electron chi connectivity index (χ3n) is 2.86. The molecule has 0 saturated heterocycles. The highest BCUT2D eigenvalue weighted by molar-refractivity contribution is 9.10. The molecule has 1 N–H and O–H groups in total. The topological polar surface area (TPSA) is 12.0 Å². The van der Waals surface area contributed by atoms with Crippen molar-refractivity contribution in [2.45, 2.75) is 32.7 Å². The van der Waals surface area contributed by atoms with Gasteiger partial charge in [0.15, 0.2) is 0 Å². The monoisotopic (exact) mass is 377 g/mol. The molecule has 0 fully saturated rings. The Kier molecular flexibility index (Phi) is 5.90. The summed E-state index contributed by atoms with van der Waals surface area (Å²) in [4.78, 5) is 4.07. The third kappa shape index (κ3) is 3.82. The predicted octanol–water partition coefficient (Wildman–Crippen LogP) is 5.88. The summed E-state index contributed by atoms with van der Waals surface area (Å²) in [6, 6.07) is 6.86. The SMILES string of the molecule is CCCNC(c1ccc(CC)s1)c1cc(Br)c(Cl)s1. The van der Waals surface area contributed by atoms with Crippen LogP contribution in [0.5, 0.6) is 0 Å². The van der Waals surface area contributed by atoms with Crippen molar-refractivity contribution in [1.82, 2.24) is 5.32 Å². The quantitative estimate of drug-likeness (QED) is 0.662. The predicted molar refractivity (Wildman–Crippen MR) is 90.9 cm³/mol. The summed E-state index contributed by atoms with van der Waals surface area (Å²) in [6.07, 6.45) is 2.23. The number of nitrogens with one attached hydrogen (secondary N) is 1. The first-order valence-electron chi connectivity index (χ1n) is 6.42. The van der Waals surface area contributed by atoms with Crippen molar-refractivity contribution in [2.24, 2.45) is 0 Å². The molecule has 2 heterocycles. The van der Waals surface area contributed by atoms with Crippen molar-refractivity contribution >= 4 is 50.2 Å². The Morgan fingerprint density at radius 1 is 1.26 bits per heavy atom. The van der Waals surface area contributed by atoms with E-state index in [9.17, 15) is 0 Å². The maximum atomic E-state index is 6.17. The molecule has 0 aliphatic carbocycles. The molecule has 1 atom stereocenters. The van der Waals surface area contributed by atoms with Gasteiger partial charge in [-0.25, -0.2) is 0 Å². The van der Waals surface area contributed by atoms with E-state index in [0.717, 1.165) is 28.2 Å². The molecule has 0 bridgehead atoms. The second kappa shape index (κ2) is 7.23. The number of hydrogen-bond acceptors (Lipinski definition) is 3. The maximum Gasteiger partial charge on any atom is 0.107 e. The molecule has 1 nitrogen and oxygen atoms in total. The van der Waals surface area contributed by atoms with E-state index < -0.39 is 0 Å². The largest absolute Gasteiger partial charge is 0.305 e. The van der Waals surface area contributed by atoms with E-state index in [1.807, 2.05) is 11.3 Å². The summed E-state index contributed by atoms with van der Waals surface area (Å²) in [5.74, 6) is 0. The van der Waals surface area contributed by atoms with Gasteiger partial charge in [-0.1, -0.05) is 25.4 Å². The van der Waals surface area contributed by atoms with Gasteiger partial charge in [0.1, 0.15) is 4.34 Å². The minimum atomic E-state index is 0.263. The summed E-state index contributed by atoms with van der Waals surface area (Å²) in [5, 5.41) is 3.62. The summed E-state index contributed by atoms with van der Waals surface area (Å²) >= 11 is 13.2. The maximum absolute atomic E-state index is 6.17. The summed E-state index contributed by atoms with van der Waals surface area (Å²) < 4.78 is 1.82. The first-order chi connectivity index (χ1) is 9.15. The minimum Gasteiger partial charge on any atom is -0.305 e. The zero-order valence-corrected chi connectivity index (χ0v) is 15.0. The molecule has 5 heteroatoms. The van der Waals surface area contributed by atoms with Crippen LogP contribution in [0.15, 0.2) is 22.7 Å². The first kappa shape index (κ1) is 15.5. The number of thiophene rings is 2. The van der Waals surface area contributed by atoms with Gasteiger partial charge in [0, 0.05) is 19.1 Å². The van der Waals surface area contributed by atoms with Crippen molar-refractivity contribution in [3.05, 3.63) is 41.6 Å². The van der Waals surface area contributed by atoms with Crippen LogP contribution >= 0.6 is 50.2 Å². The normalized spacial score (nSPS) is 12.8. The van der Waals surface area contributed by atoms with Crippen LogP contribution < -0.4 is 5.32 Å². The number of rotatable bonds is 6. The minimum absolute atomic E-state index is 0.263. The van der Waals surface area contributed by atoms with Crippen LogP contribution in [-0.4, -0.2) is 6.54 Å². The lowest BCUT2D eigenvalue weighted by Crippen LogP contribution is -2.21. The molecule has 104 valence electrons. The van der Waals surface area contributed by atoms with E-state index in [1.54, 1.807) is 11.3 Å². The zero-order valence-electron chi connectivity index (χ0n) is 11.0. The third-order valence-corrected chi connectivity index (χ3v) is 6.70.